The Kier molecular flexibility index (Phi) is 5.17. The molecule has 5 nitrogen and oxygen atoms in total. The van der Waals surface area contributed by atoms with Crippen LogP contribution < -0.4 is 4.90 Å². The van der Waals surface area contributed by atoms with E-state index < -0.39 is 17.5 Å². The monoisotopic (exact) mass is 274 g/mol. The molecular formula is C12H16F2N2O3. The fourth-order valence-corrected chi connectivity index (χ4v) is 1.68. The molecule has 19 heavy (non-hydrogen) atoms. The van der Waals surface area contributed by atoms with Gasteiger partial charge in [-0.15, -0.1) is 0 Å². The van der Waals surface area contributed by atoms with Crippen molar-refractivity contribution in [3.63, 3.8) is 0 Å². The highest BCUT2D eigenvalue weighted by Crippen LogP contribution is 2.32. The molecule has 0 aliphatic heterocycles. The molecule has 1 N–H and O–H groups in total. The van der Waals surface area contributed by atoms with Crippen LogP contribution in [0.4, 0.5) is 20.2 Å². The third kappa shape index (κ3) is 4.13. The number of aliphatic hydroxyl groups excluding tert-OH is 1. The zero-order valence-corrected chi connectivity index (χ0v) is 10.7. The number of rotatable bonds is 6. The zero-order chi connectivity index (χ0) is 14.6. The van der Waals surface area contributed by atoms with Gasteiger partial charge in [0, 0.05) is 37.0 Å². The molecule has 1 aromatic rings. The van der Waals surface area contributed by atoms with Gasteiger partial charge in [-0.25, -0.2) is 8.78 Å². The van der Waals surface area contributed by atoms with E-state index in [4.69, 9.17) is 0 Å². The van der Waals surface area contributed by atoms with Crippen molar-refractivity contribution in [1.29, 1.82) is 0 Å². The summed E-state index contributed by atoms with van der Waals surface area (Å²) in [7, 11) is 1.61. The molecule has 0 saturated carbocycles. The maximum absolute atomic E-state index is 12.9. The van der Waals surface area contributed by atoms with Gasteiger partial charge >= 0.3 is 0 Å². The van der Waals surface area contributed by atoms with Gasteiger partial charge in [-0.1, -0.05) is 0 Å². The number of halogens is 2. The number of benzene rings is 1. The predicted molar refractivity (Wildman–Crippen MR) is 67.6 cm³/mol. The summed E-state index contributed by atoms with van der Waals surface area (Å²) in [5.41, 5.74) is -0.494. The van der Waals surface area contributed by atoms with E-state index in [9.17, 15) is 24.0 Å². The number of hydrogen-bond donors (Lipinski definition) is 1. The minimum Gasteiger partial charge on any atom is -0.393 e. The second-order valence-corrected chi connectivity index (χ2v) is 4.36. The van der Waals surface area contributed by atoms with Crippen LogP contribution in [0.5, 0.6) is 0 Å². The zero-order valence-electron chi connectivity index (χ0n) is 10.7. The molecule has 0 aliphatic rings. The number of nitro groups is 1. The van der Waals surface area contributed by atoms with Gasteiger partial charge in [0.05, 0.1) is 11.0 Å². The molecule has 1 aromatic carbocycles. The average Bonchev–Trinajstić information content (AvgIpc) is 2.34. The minimum absolute atomic E-state index is 0.237. The first-order valence-corrected chi connectivity index (χ1v) is 5.78. The molecule has 106 valence electrons. The van der Waals surface area contributed by atoms with Crippen molar-refractivity contribution in [2.45, 2.75) is 25.9 Å². The SMILES string of the molecule is CC(O)CCN(C)c1ccc([N+](=O)[O-])cc1C(F)F. The van der Waals surface area contributed by atoms with E-state index in [0.29, 0.717) is 13.0 Å². The summed E-state index contributed by atoms with van der Waals surface area (Å²) >= 11 is 0. The molecule has 1 rings (SSSR count). The van der Waals surface area contributed by atoms with E-state index >= 15 is 0 Å². The van der Waals surface area contributed by atoms with Crippen molar-refractivity contribution in [3.05, 3.63) is 33.9 Å². The van der Waals surface area contributed by atoms with Gasteiger partial charge in [-0.2, -0.15) is 0 Å². The summed E-state index contributed by atoms with van der Waals surface area (Å²) in [6.45, 7) is 1.99. The fourth-order valence-electron chi connectivity index (χ4n) is 1.68. The quantitative estimate of drug-likeness (QED) is 0.639. The molecule has 0 bridgehead atoms. The molecule has 0 saturated heterocycles. The summed E-state index contributed by atoms with van der Waals surface area (Å²) in [4.78, 5) is 11.4. The van der Waals surface area contributed by atoms with Crippen molar-refractivity contribution < 1.29 is 18.8 Å². The van der Waals surface area contributed by atoms with E-state index in [1.807, 2.05) is 0 Å². The van der Waals surface area contributed by atoms with Crippen molar-refractivity contribution in [3.8, 4) is 0 Å². The first-order valence-electron chi connectivity index (χ1n) is 5.78. The van der Waals surface area contributed by atoms with Crippen LogP contribution in [0.3, 0.4) is 0 Å². The molecular weight excluding hydrogens is 258 g/mol. The van der Waals surface area contributed by atoms with Crippen LogP contribution in [-0.4, -0.2) is 29.7 Å². The van der Waals surface area contributed by atoms with Gasteiger partial charge in [0.1, 0.15) is 0 Å². The standard InChI is InChI=1S/C12H16F2N2O3/c1-8(17)5-6-15(2)11-4-3-9(16(18)19)7-10(11)12(13)14/h3-4,7-8,12,17H,5-6H2,1-2H3. The number of hydrogen-bond acceptors (Lipinski definition) is 4. The Hall–Kier alpha value is -1.76. The van der Waals surface area contributed by atoms with E-state index in [0.717, 1.165) is 6.07 Å². The molecule has 7 heteroatoms. The van der Waals surface area contributed by atoms with Gasteiger partial charge < -0.3 is 10.0 Å². The van der Waals surface area contributed by atoms with Gasteiger partial charge in [0.2, 0.25) is 0 Å². The van der Waals surface area contributed by atoms with Gasteiger partial charge in [-0.05, 0) is 19.4 Å². The molecule has 0 aromatic heterocycles. The smallest absolute Gasteiger partial charge is 0.270 e. The van der Waals surface area contributed by atoms with E-state index in [2.05, 4.69) is 0 Å². The predicted octanol–water partition coefficient (Wildman–Crippen LogP) is 2.74. The number of nitro benzene ring substituents is 1. The Morgan fingerprint density at radius 1 is 1.47 bits per heavy atom. The first kappa shape index (κ1) is 15.3. The third-order valence-corrected chi connectivity index (χ3v) is 2.75. The van der Waals surface area contributed by atoms with Crippen LogP contribution in [0.1, 0.15) is 25.3 Å². The molecule has 0 aliphatic carbocycles. The van der Waals surface area contributed by atoms with Crippen LogP contribution in [-0.2, 0) is 0 Å². The molecule has 0 radical (unpaired) electrons. The highest BCUT2D eigenvalue weighted by atomic mass is 19.3. The lowest BCUT2D eigenvalue weighted by atomic mass is 10.1. The second-order valence-electron chi connectivity index (χ2n) is 4.36. The van der Waals surface area contributed by atoms with Gasteiger partial charge in [0.15, 0.2) is 0 Å². The molecule has 1 atom stereocenters. The fraction of sp³-hybridized carbons (Fsp3) is 0.500. The number of aliphatic hydroxyl groups is 1. The highest BCUT2D eigenvalue weighted by Gasteiger charge is 2.20. The van der Waals surface area contributed by atoms with Crippen LogP contribution in [0.25, 0.3) is 0 Å². The number of alkyl halides is 2. The lowest BCUT2D eigenvalue weighted by Crippen LogP contribution is -2.23. The van der Waals surface area contributed by atoms with Crippen molar-refractivity contribution in [2.75, 3.05) is 18.5 Å². The van der Waals surface area contributed by atoms with Gasteiger partial charge in [-0.3, -0.25) is 10.1 Å². The van der Waals surface area contributed by atoms with E-state index in [-0.39, 0.29) is 16.9 Å². The Labute approximate surface area is 109 Å². The maximum atomic E-state index is 12.9. The topological polar surface area (TPSA) is 66.6 Å². The summed E-state index contributed by atoms with van der Waals surface area (Å²) in [6.07, 6.45) is -2.89. The highest BCUT2D eigenvalue weighted by molar-refractivity contribution is 5.58. The Morgan fingerprint density at radius 3 is 2.58 bits per heavy atom. The minimum atomic E-state index is -2.79. The Bertz CT molecular complexity index is 453. The summed E-state index contributed by atoms with van der Waals surface area (Å²) in [6, 6.07) is 3.39. The van der Waals surface area contributed by atoms with Crippen LogP contribution in [0.2, 0.25) is 0 Å². The van der Waals surface area contributed by atoms with Crippen molar-refractivity contribution in [1.82, 2.24) is 0 Å². The summed E-state index contributed by atoms with van der Waals surface area (Å²) < 4.78 is 25.9. The lowest BCUT2D eigenvalue weighted by molar-refractivity contribution is -0.385. The lowest BCUT2D eigenvalue weighted by Gasteiger charge is -2.22. The van der Waals surface area contributed by atoms with Gasteiger partial charge in [0.25, 0.3) is 12.1 Å². The molecule has 1 unspecified atom stereocenters. The first-order chi connectivity index (χ1) is 8.82. The summed E-state index contributed by atoms with van der Waals surface area (Å²) in [5.74, 6) is 0. The molecule has 0 spiro atoms. The molecule has 0 fully saturated rings. The maximum Gasteiger partial charge on any atom is 0.270 e. The van der Waals surface area contributed by atoms with Crippen molar-refractivity contribution >= 4 is 11.4 Å². The molecule has 0 heterocycles. The van der Waals surface area contributed by atoms with Crippen LogP contribution in [0, 0.1) is 10.1 Å². The second kappa shape index (κ2) is 6.42. The Balaban J connectivity index is 3.02. The number of non-ortho nitro benzene ring substituents is 1. The number of anilines is 1. The van der Waals surface area contributed by atoms with Crippen LogP contribution >= 0.6 is 0 Å². The van der Waals surface area contributed by atoms with E-state index in [1.54, 1.807) is 18.9 Å². The largest absolute Gasteiger partial charge is 0.393 e. The number of nitrogens with zero attached hydrogens (tertiary/aromatic N) is 2. The third-order valence-electron chi connectivity index (χ3n) is 2.75. The normalized spacial score (nSPS) is 12.5. The molecule has 0 amide bonds. The average molecular weight is 274 g/mol. The summed E-state index contributed by atoms with van der Waals surface area (Å²) in [5, 5.41) is 19.8. The Morgan fingerprint density at radius 2 is 2.11 bits per heavy atom. The van der Waals surface area contributed by atoms with Crippen molar-refractivity contribution in [2.24, 2.45) is 0 Å². The van der Waals surface area contributed by atoms with E-state index in [1.165, 1.54) is 12.1 Å². The van der Waals surface area contributed by atoms with Crippen LogP contribution in [0.15, 0.2) is 18.2 Å².